The Hall–Kier alpha value is -2.37. The highest BCUT2D eigenvalue weighted by Gasteiger charge is 2.44. The summed E-state index contributed by atoms with van der Waals surface area (Å²) in [5.41, 5.74) is 4.76. The molecular weight excluding hydrogens is 296 g/mol. The zero-order valence-corrected chi connectivity index (χ0v) is 13.8. The van der Waals surface area contributed by atoms with E-state index in [1.807, 2.05) is 20.8 Å². The predicted octanol–water partition coefficient (Wildman–Crippen LogP) is 2.33. The Morgan fingerprint density at radius 1 is 1.26 bits per heavy atom. The molecule has 2 amide bonds. The summed E-state index contributed by atoms with van der Waals surface area (Å²) in [5.74, 6) is -0.906. The molecule has 6 heteroatoms. The largest absolute Gasteiger partial charge is 0.447 e. The predicted molar refractivity (Wildman–Crippen MR) is 84.3 cm³/mol. The van der Waals surface area contributed by atoms with E-state index in [4.69, 9.17) is 9.57 Å². The molecule has 6 nitrogen and oxygen atoms in total. The molecule has 1 aromatic carbocycles. The van der Waals surface area contributed by atoms with E-state index in [1.54, 1.807) is 6.92 Å². The minimum absolute atomic E-state index is 0.238. The Kier molecular flexibility index (Phi) is 3.83. The molecule has 1 aromatic rings. The number of hydrogen-bond acceptors (Lipinski definition) is 5. The molecule has 0 bridgehead atoms. The van der Waals surface area contributed by atoms with E-state index < -0.39 is 18.1 Å². The van der Waals surface area contributed by atoms with Gasteiger partial charge in [0.15, 0.2) is 0 Å². The van der Waals surface area contributed by atoms with Crippen molar-refractivity contribution in [1.82, 2.24) is 4.90 Å². The van der Waals surface area contributed by atoms with Crippen LogP contribution in [0, 0.1) is 26.7 Å². The summed E-state index contributed by atoms with van der Waals surface area (Å²) in [6, 6.07) is 4.11. The number of nitrogens with zero attached hydrogens (tertiary/aromatic N) is 2. The monoisotopic (exact) mass is 316 g/mol. The van der Waals surface area contributed by atoms with Gasteiger partial charge < -0.3 is 9.57 Å². The van der Waals surface area contributed by atoms with Crippen LogP contribution >= 0.6 is 0 Å². The standard InChI is InChI=1S/C17H20N2O4/c1-9-7-10(2)13(11(3)8-9)15-14(12(4)23-18-15)16(20)19-5-6-22-17(19)21/h7-8,12,14H,5-6H2,1-4H3/t12-,14-/m0/s1. The molecule has 0 unspecified atom stereocenters. The molecule has 0 aliphatic carbocycles. The molecule has 2 atom stereocenters. The summed E-state index contributed by atoms with van der Waals surface area (Å²) in [4.78, 5) is 31.0. The highest BCUT2D eigenvalue weighted by molar-refractivity contribution is 6.17. The fourth-order valence-corrected chi connectivity index (χ4v) is 3.34. The van der Waals surface area contributed by atoms with E-state index in [-0.39, 0.29) is 19.1 Å². The van der Waals surface area contributed by atoms with Crippen LogP contribution in [0.15, 0.2) is 17.3 Å². The average Bonchev–Trinajstić information content (AvgIpc) is 3.04. The molecule has 2 aliphatic heterocycles. The molecule has 2 aliphatic rings. The van der Waals surface area contributed by atoms with Gasteiger partial charge in [0.2, 0.25) is 5.91 Å². The minimum Gasteiger partial charge on any atom is -0.447 e. The number of cyclic esters (lactones) is 1. The van der Waals surface area contributed by atoms with E-state index in [0.29, 0.717) is 5.71 Å². The van der Waals surface area contributed by atoms with Gasteiger partial charge in [0.25, 0.3) is 0 Å². The number of rotatable bonds is 2. The maximum atomic E-state index is 12.8. The number of aryl methyl sites for hydroxylation is 3. The van der Waals surface area contributed by atoms with Crippen molar-refractivity contribution in [1.29, 1.82) is 0 Å². The van der Waals surface area contributed by atoms with E-state index in [0.717, 1.165) is 27.2 Å². The number of carbonyl (C=O) groups is 2. The Balaban J connectivity index is 1.99. The first kappa shape index (κ1) is 15.5. The second-order valence-electron chi connectivity index (χ2n) is 6.14. The molecule has 0 aromatic heterocycles. The van der Waals surface area contributed by atoms with Crippen molar-refractivity contribution in [2.75, 3.05) is 13.2 Å². The maximum Gasteiger partial charge on any atom is 0.416 e. The molecule has 0 spiro atoms. The Morgan fingerprint density at radius 3 is 2.48 bits per heavy atom. The first-order chi connectivity index (χ1) is 10.9. The third-order valence-electron chi connectivity index (χ3n) is 4.31. The highest BCUT2D eigenvalue weighted by atomic mass is 16.6. The van der Waals surface area contributed by atoms with Crippen molar-refractivity contribution in [3.05, 3.63) is 34.4 Å². The summed E-state index contributed by atoms with van der Waals surface area (Å²) in [6.07, 6.45) is -1.00. The lowest BCUT2D eigenvalue weighted by Gasteiger charge is -2.21. The summed E-state index contributed by atoms with van der Waals surface area (Å²) < 4.78 is 4.87. The lowest BCUT2D eigenvalue weighted by Crippen LogP contribution is -2.43. The first-order valence-electron chi connectivity index (χ1n) is 7.70. The SMILES string of the molecule is Cc1cc(C)c(C2=NO[C@@H](C)[C@@H]2C(=O)N2CCOC2=O)c(C)c1. The molecule has 0 radical (unpaired) electrons. The van der Waals surface area contributed by atoms with E-state index in [2.05, 4.69) is 17.3 Å². The van der Waals surface area contributed by atoms with Gasteiger partial charge in [-0.2, -0.15) is 0 Å². The van der Waals surface area contributed by atoms with Gasteiger partial charge in [-0.05, 0) is 38.8 Å². The molecule has 1 fully saturated rings. The van der Waals surface area contributed by atoms with Gasteiger partial charge in [0.1, 0.15) is 24.3 Å². The molecular formula is C17H20N2O4. The summed E-state index contributed by atoms with van der Waals surface area (Å²) in [6.45, 7) is 8.32. The number of imide groups is 1. The molecule has 0 N–H and O–H groups in total. The van der Waals surface area contributed by atoms with Crippen molar-refractivity contribution >= 4 is 17.7 Å². The Bertz CT molecular complexity index is 688. The van der Waals surface area contributed by atoms with E-state index in [1.165, 1.54) is 0 Å². The smallest absolute Gasteiger partial charge is 0.416 e. The number of hydrogen-bond donors (Lipinski definition) is 0. The van der Waals surface area contributed by atoms with Gasteiger partial charge in [-0.15, -0.1) is 0 Å². The van der Waals surface area contributed by atoms with Gasteiger partial charge in [-0.1, -0.05) is 22.9 Å². The molecule has 1 saturated heterocycles. The summed E-state index contributed by atoms with van der Waals surface area (Å²) in [5, 5.41) is 4.15. The van der Waals surface area contributed by atoms with Gasteiger partial charge in [-0.3, -0.25) is 4.79 Å². The molecule has 122 valence electrons. The lowest BCUT2D eigenvalue weighted by molar-refractivity contribution is -0.132. The van der Waals surface area contributed by atoms with Crippen LogP contribution in [-0.4, -0.2) is 41.9 Å². The molecule has 0 saturated carbocycles. The van der Waals surface area contributed by atoms with Crippen molar-refractivity contribution in [3.63, 3.8) is 0 Å². The van der Waals surface area contributed by atoms with Crippen molar-refractivity contribution in [3.8, 4) is 0 Å². The van der Waals surface area contributed by atoms with Gasteiger partial charge in [-0.25, -0.2) is 9.69 Å². The summed E-state index contributed by atoms with van der Waals surface area (Å²) in [7, 11) is 0. The van der Waals surface area contributed by atoms with E-state index in [9.17, 15) is 9.59 Å². The molecule has 2 heterocycles. The second kappa shape index (κ2) is 5.68. The fraction of sp³-hybridized carbons (Fsp3) is 0.471. The summed E-state index contributed by atoms with van der Waals surface area (Å²) >= 11 is 0. The number of ether oxygens (including phenoxy) is 1. The number of benzene rings is 1. The van der Waals surface area contributed by atoms with Gasteiger partial charge in [0.05, 0.1) is 6.54 Å². The lowest BCUT2D eigenvalue weighted by atomic mass is 9.86. The topological polar surface area (TPSA) is 68.2 Å². The maximum absolute atomic E-state index is 12.8. The zero-order chi connectivity index (χ0) is 16.7. The van der Waals surface area contributed by atoms with Gasteiger partial charge >= 0.3 is 6.09 Å². The van der Waals surface area contributed by atoms with Crippen molar-refractivity contribution < 1.29 is 19.2 Å². The minimum atomic E-state index is -0.597. The van der Waals surface area contributed by atoms with Crippen LogP contribution in [0.4, 0.5) is 4.79 Å². The Labute approximate surface area is 135 Å². The third-order valence-corrected chi connectivity index (χ3v) is 4.31. The average molecular weight is 316 g/mol. The van der Waals surface area contributed by atoms with Crippen molar-refractivity contribution in [2.45, 2.75) is 33.8 Å². The normalized spacial score (nSPS) is 23.6. The van der Waals surface area contributed by atoms with Crippen LogP contribution in [-0.2, 0) is 14.4 Å². The van der Waals surface area contributed by atoms with Crippen LogP contribution < -0.4 is 0 Å². The van der Waals surface area contributed by atoms with Crippen LogP contribution in [0.5, 0.6) is 0 Å². The number of carbonyl (C=O) groups excluding carboxylic acids is 2. The second-order valence-corrected chi connectivity index (χ2v) is 6.14. The van der Waals surface area contributed by atoms with Crippen LogP contribution in [0.3, 0.4) is 0 Å². The first-order valence-corrected chi connectivity index (χ1v) is 7.70. The quantitative estimate of drug-likeness (QED) is 0.840. The number of oxime groups is 1. The van der Waals surface area contributed by atoms with E-state index >= 15 is 0 Å². The van der Waals surface area contributed by atoms with Gasteiger partial charge in [0, 0.05) is 5.56 Å². The molecule has 3 rings (SSSR count). The van der Waals surface area contributed by atoms with Crippen LogP contribution in [0.25, 0.3) is 0 Å². The number of amides is 2. The Morgan fingerprint density at radius 2 is 1.91 bits per heavy atom. The zero-order valence-electron chi connectivity index (χ0n) is 13.8. The highest BCUT2D eigenvalue weighted by Crippen LogP contribution is 2.29. The van der Waals surface area contributed by atoms with Crippen LogP contribution in [0.2, 0.25) is 0 Å². The molecule has 23 heavy (non-hydrogen) atoms. The third kappa shape index (κ3) is 2.58. The van der Waals surface area contributed by atoms with Crippen molar-refractivity contribution in [2.24, 2.45) is 11.1 Å². The fourth-order valence-electron chi connectivity index (χ4n) is 3.34. The van der Waals surface area contributed by atoms with Crippen LogP contribution in [0.1, 0.15) is 29.2 Å².